The number of nitrogens with zero attached hydrogens (tertiary/aromatic N) is 5. The van der Waals surface area contributed by atoms with E-state index in [1.54, 1.807) is 27.9 Å². The van der Waals surface area contributed by atoms with Crippen molar-refractivity contribution in [2.24, 2.45) is 0 Å². The summed E-state index contributed by atoms with van der Waals surface area (Å²) in [6.45, 7) is 6.52. The third kappa shape index (κ3) is 4.16. The third-order valence-corrected chi connectivity index (χ3v) is 3.91. The fraction of sp³-hybridized carbons (Fsp3) is 0.471. The Morgan fingerprint density at radius 1 is 1.23 bits per heavy atom. The average molecular weight is 358 g/mol. The molecule has 0 bridgehead atoms. The molecule has 1 aliphatic rings. The summed E-state index contributed by atoms with van der Waals surface area (Å²) in [6, 6.07) is 3.24. The largest absolute Gasteiger partial charge is 0.444 e. The van der Waals surface area contributed by atoms with Crippen LogP contribution >= 0.6 is 0 Å². The van der Waals surface area contributed by atoms with Crippen molar-refractivity contribution in [3.63, 3.8) is 0 Å². The zero-order valence-corrected chi connectivity index (χ0v) is 15.0. The quantitative estimate of drug-likeness (QED) is 0.901. The lowest BCUT2D eigenvalue weighted by atomic mass is 10.2. The first-order valence-corrected chi connectivity index (χ1v) is 8.43. The highest BCUT2D eigenvalue weighted by Gasteiger charge is 2.32. The lowest BCUT2D eigenvalue weighted by Gasteiger charge is -2.24. The average Bonchev–Trinajstić information content (AvgIpc) is 3.23. The molecule has 0 aliphatic carbocycles. The maximum Gasteiger partial charge on any atom is 0.410 e. The van der Waals surface area contributed by atoms with Gasteiger partial charge >= 0.3 is 6.09 Å². The minimum Gasteiger partial charge on any atom is -0.444 e. The summed E-state index contributed by atoms with van der Waals surface area (Å²) < 4.78 is 7.07. The number of ether oxygens (including phenoxy) is 1. The van der Waals surface area contributed by atoms with Crippen LogP contribution < -0.4 is 5.32 Å². The molecule has 0 radical (unpaired) electrons. The van der Waals surface area contributed by atoms with Crippen molar-refractivity contribution in [2.45, 2.75) is 38.8 Å². The first-order chi connectivity index (χ1) is 12.3. The number of hydrogen-bond donors (Lipinski definition) is 1. The molecule has 1 aliphatic heterocycles. The highest BCUT2D eigenvalue weighted by Crippen LogP contribution is 2.24. The molecule has 138 valence electrons. The van der Waals surface area contributed by atoms with E-state index in [1.807, 2.05) is 20.8 Å². The lowest BCUT2D eigenvalue weighted by molar-refractivity contribution is 0.0288. The SMILES string of the molecule is CC(C)(C)OC(=O)N1CC[C@@H](n2nccc2C(=O)Nc2ccnnc2)C1. The van der Waals surface area contributed by atoms with Gasteiger partial charge in [-0.2, -0.15) is 15.3 Å². The minimum atomic E-state index is -0.537. The van der Waals surface area contributed by atoms with Crippen LogP contribution in [0.3, 0.4) is 0 Å². The van der Waals surface area contributed by atoms with Gasteiger partial charge < -0.3 is 15.0 Å². The van der Waals surface area contributed by atoms with Crippen LogP contribution in [0, 0.1) is 0 Å². The van der Waals surface area contributed by atoms with Gasteiger partial charge in [-0.15, -0.1) is 0 Å². The van der Waals surface area contributed by atoms with Crippen LogP contribution in [0.25, 0.3) is 0 Å². The molecule has 0 unspecified atom stereocenters. The molecule has 1 saturated heterocycles. The monoisotopic (exact) mass is 358 g/mol. The van der Waals surface area contributed by atoms with Crippen LogP contribution in [0.4, 0.5) is 10.5 Å². The maximum absolute atomic E-state index is 12.5. The molecule has 3 rings (SSSR count). The number of nitrogens with one attached hydrogen (secondary N) is 1. The third-order valence-electron chi connectivity index (χ3n) is 3.91. The van der Waals surface area contributed by atoms with Gasteiger partial charge in [-0.25, -0.2) is 4.79 Å². The van der Waals surface area contributed by atoms with Gasteiger partial charge in [0.2, 0.25) is 0 Å². The molecule has 0 aromatic carbocycles. The second kappa shape index (κ2) is 7.11. The summed E-state index contributed by atoms with van der Waals surface area (Å²) in [7, 11) is 0. The van der Waals surface area contributed by atoms with Gasteiger partial charge in [0, 0.05) is 19.3 Å². The Hall–Kier alpha value is -2.97. The fourth-order valence-corrected chi connectivity index (χ4v) is 2.78. The summed E-state index contributed by atoms with van der Waals surface area (Å²) in [4.78, 5) is 26.4. The normalized spacial score (nSPS) is 17.2. The number of rotatable bonds is 3. The van der Waals surface area contributed by atoms with E-state index in [0.29, 0.717) is 30.9 Å². The van der Waals surface area contributed by atoms with Crippen molar-refractivity contribution in [1.82, 2.24) is 24.9 Å². The van der Waals surface area contributed by atoms with Crippen molar-refractivity contribution in [3.8, 4) is 0 Å². The number of hydrogen-bond acceptors (Lipinski definition) is 6. The van der Waals surface area contributed by atoms with E-state index in [4.69, 9.17) is 4.74 Å². The molecule has 0 spiro atoms. The van der Waals surface area contributed by atoms with E-state index in [0.717, 1.165) is 0 Å². The molecule has 2 amide bonds. The van der Waals surface area contributed by atoms with Crippen LogP contribution in [0.1, 0.15) is 43.7 Å². The highest BCUT2D eigenvalue weighted by atomic mass is 16.6. The zero-order chi connectivity index (χ0) is 18.7. The molecule has 1 fully saturated rings. The van der Waals surface area contributed by atoms with Crippen LogP contribution in [0.5, 0.6) is 0 Å². The van der Waals surface area contributed by atoms with E-state index in [9.17, 15) is 9.59 Å². The molecule has 3 heterocycles. The first kappa shape index (κ1) is 17.8. The Kier molecular flexibility index (Phi) is 4.88. The topological polar surface area (TPSA) is 102 Å². The van der Waals surface area contributed by atoms with Gasteiger partial charge in [-0.3, -0.25) is 9.48 Å². The second-order valence-electron chi connectivity index (χ2n) is 7.12. The van der Waals surface area contributed by atoms with Crippen LogP contribution in [0.15, 0.2) is 30.7 Å². The number of amides is 2. The Morgan fingerprint density at radius 3 is 2.73 bits per heavy atom. The molecule has 1 N–H and O–H groups in total. The number of carbonyl (C=O) groups is 2. The zero-order valence-electron chi connectivity index (χ0n) is 15.0. The van der Waals surface area contributed by atoms with E-state index in [1.165, 1.54) is 12.4 Å². The van der Waals surface area contributed by atoms with Crippen molar-refractivity contribution in [1.29, 1.82) is 0 Å². The van der Waals surface area contributed by atoms with Crippen LogP contribution in [-0.2, 0) is 4.74 Å². The summed E-state index contributed by atoms with van der Waals surface area (Å²) in [5, 5.41) is 14.5. The Balaban J connectivity index is 1.67. The molecular weight excluding hydrogens is 336 g/mol. The summed E-state index contributed by atoms with van der Waals surface area (Å²) in [5.74, 6) is -0.286. The fourth-order valence-electron chi connectivity index (χ4n) is 2.78. The molecule has 0 saturated carbocycles. The molecule has 2 aromatic heterocycles. The van der Waals surface area contributed by atoms with Gasteiger partial charge in [0.05, 0.1) is 24.1 Å². The van der Waals surface area contributed by atoms with Gasteiger partial charge in [0.25, 0.3) is 5.91 Å². The predicted molar refractivity (Wildman–Crippen MR) is 93.7 cm³/mol. The van der Waals surface area contributed by atoms with E-state index < -0.39 is 5.60 Å². The number of likely N-dealkylation sites (tertiary alicyclic amines) is 1. The predicted octanol–water partition coefficient (Wildman–Crippen LogP) is 2.11. The highest BCUT2D eigenvalue weighted by molar-refractivity contribution is 6.02. The van der Waals surface area contributed by atoms with E-state index >= 15 is 0 Å². The van der Waals surface area contributed by atoms with E-state index in [2.05, 4.69) is 20.6 Å². The molecule has 9 heteroatoms. The van der Waals surface area contributed by atoms with Crippen LogP contribution in [0.2, 0.25) is 0 Å². The Morgan fingerprint density at radius 2 is 2.04 bits per heavy atom. The first-order valence-electron chi connectivity index (χ1n) is 8.43. The van der Waals surface area contributed by atoms with Gasteiger partial charge in [-0.05, 0) is 39.3 Å². The number of carbonyl (C=O) groups excluding carboxylic acids is 2. The van der Waals surface area contributed by atoms with Crippen molar-refractivity contribution >= 4 is 17.7 Å². The molecule has 26 heavy (non-hydrogen) atoms. The Bertz CT molecular complexity index is 783. The van der Waals surface area contributed by atoms with Gasteiger partial charge in [-0.1, -0.05) is 0 Å². The van der Waals surface area contributed by atoms with Gasteiger partial charge in [0.15, 0.2) is 0 Å². The summed E-state index contributed by atoms with van der Waals surface area (Å²) in [5.41, 5.74) is 0.446. The minimum absolute atomic E-state index is 0.0752. The molecule has 2 aromatic rings. The summed E-state index contributed by atoms with van der Waals surface area (Å²) in [6.07, 6.45) is 4.91. The standard InChI is InChI=1S/C17H22N6O3/c1-17(2,3)26-16(25)22-9-6-13(11-22)23-14(5-8-20-23)15(24)21-12-4-7-18-19-10-12/h4-5,7-8,10,13H,6,9,11H2,1-3H3,(H,18,21,24)/t13-/m1/s1. The lowest BCUT2D eigenvalue weighted by Crippen LogP contribution is -2.35. The Labute approximate surface area is 151 Å². The summed E-state index contributed by atoms with van der Waals surface area (Å²) >= 11 is 0. The van der Waals surface area contributed by atoms with Gasteiger partial charge in [0.1, 0.15) is 11.3 Å². The maximum atomic E-state index is 12.5. The van der Waals surface area contributed by atoms with Crippen molar-refractivity contribution in [2.75, 3.05) is 18.4 Å². The van der Waals surface area contributed by atoms with Crippen LogP contribution in [-0.4, -0.2) is 55.6 Å². The smallest absolute Gasteiger partial charge is 0.410 e. The molecular formula is C17H22N6O3. The van der Waals surface area contributed by atoms with Crippen molar-refractivity contribution < 1.29 is 14.3 Å². The second-order valence-corrected chi connectivity index (χ2v) is 7.12. The molecule has 9 nitrogen and oxygen atoms in total. The number of aromatic nitrogens is 4. The number of anilines is 1. The van der Waals surface area contributed by atoms with E-state index in [-0.39, 0.29) is 18.0 Å². The molecule has 1 atom stereocenters. The van der Waals surface area contributed by atoms with Crippen molar-refractivity contribution in [3.05, 3.63) is 36.4 Å².